The third-order valence-corrected chi connectivity index (χ3v) is 4.18. The largest absolute Gasteiger partial charge is 0.508 e. The zero-order chi connectivity index (χ0) is 20.5. The van der Waals surface area contributed by atoms with E-state index in [4.69, 9.17) is 4.42 Å². The fourth-order valence-electron chi connectivity index (χ4n) is 2.63. The predicted octanol–water partition coefficient (Wildman–Crippen LogP) is 3.43. The van der Waals surface area contributed by atoms with E-state index in [1.165, 1.54) is 17.0 Å². The minimum absolute atomic E-state index is 0.147. The molecule has 0 aliphatic heterocycles. The molecule has 28 heavy (non-hydrogen) atoms. The van der Waals surface area contributed by atoms with E-state index in [1.807, 2.05) is 20.8 Å². The van der Waals surface area contributed by atoms with Crippen LogP contribution in [0.2, 0.25) is 0 Å². The number of aromatic nitrogens is 1. The smallest absolute Gasteiger partial charge is 0.313 e. The maximum Gasteiger partial charge on any atom is 0.313 e. The van der Waals surface area contributed by atoms with Crippen LogP contribution in [0.3, 0.4) is 0 Å². The van der Waals surface area contributed by atoms with Crippen molar-refractivity contribution in [3.63, 3.8) is 0 Å². The number of carbonyl (C=O) groups excluding carboxylic acids is 2. The van der Waals surface area contributed by atoms with Gasteiger partial charge in [-0.1, -0.05) is 32.9 Å². The van der Waals surface area contributed by atoms with Gasteiger partial charge in [0.2, 0.25) is 5.89 Å². The molecule has 3 aromatic rings. The molecule has 1 aromatic heterocycles. The Morgan fingerprint density at radius 3 is 2.46 bits per heavy atom. The van der Waals surface area contributed by atoms with Crippen molar-refractivity contribution in [2.45, 2.75) is 32.7 Å². The molecular formula is C21H23N3O4. The van der Waals surface area contributed by atoms with Crippen LogP contribution < -0.4 is 5.32 Å². The second-order valence-electron chi connectivity index (χ2n) is 7.73. The van der Waals surface area contributed by atoms with Gasteiger partial charge in [-0.15, -0.1) is 0 Å². The van der Waals surface area contributed by atoms with Crippen molar-refractivity contribution in [2.24, 2.45) is 0 Å². The van der Waals surface area contributed by atoms with Gasteiger partial charge in [0.1, 0.15) is 11.3 Å². The zero-order valence-corrected chi connectivity index (χ0v) is 16.3. The second kappa shape index (κ2) is 7.34. The minimum Gasteiger partial charge on any atom is -0.508 e. The van der Waals surface area contributed by atoms with Crippen LogP contribution in [0.1, 0.15) is 32.2 Å². The summed E-state index contributed by atoms with van der Waals surface area (Å²) in [5.41, 5.74) is 2.29. The summed E-state index contributed by atoms with van der Waals surface area (Å²) in [6, 6.07) is 11.5. The van der Waals surface area contributed by atoms with E-state index in [9.17, 15) is 14.7 Å². The van der Waals surface area contributed by atoms with Crippen LogP contribution in [0.4, 0.5) is 5.69 Å². The average molecular weight is 381 g/mol. The molecule has 7 nitrogen and oxygen atoms in total. The Morgan fingerprint density at radius 2 is 1.82 bits per heavy atom. The van der Waals surface area contributed by atoms with Crippen LogP contribution in [0, 0.1) is 0 Å². The number of aromatic hydroxyl groups is 1. The highest BCUT2D eigenvalue weighted by Gasteiger charge is 2.22. The van der Waals surface area contributed by atoms with Crippen LogP contribution in [0.5, 0.6) is 5.75 Å². The monoisotopic (exact) mass is 381 g/mol. The topological polar surface area (TPSA) is 95.7 Å². The summed E-state index contributed by atoms with van der Waals surface area (Å²) in [5.74, 6) is -0.645. The van der Waals surface area contributed by atoms with Crippen molar-refractivity contribution in [2.75, 3.05) is 12.4 Å². The Balaban J connectivity index is 1.69. The van der Waals surface area contributed by atoms with Crippen LogP contribution >= 0.6 is 0 Å². The first-order chi connectivity index (χ1) is 13.1. The Morgan fingerprint density at radius 1 is 1.14 bits per heavy atom. The Labute approximate surface area is 163 Å². The molecule has 7 heteroatoms. The van der Waals surface area contributed by atoms with Crippen molar-refractivity contribution in [1.29, 1.82) is 0 Å². The number of oxazole rings is 1. The van der Waals surface area contributed by atoms with E-state index < -0.39 is 11.8 Å². The number of benzene rings is 2. The van der Waals surface area contributed by atoms with Gasteiger partial charge in [0.05, 0.1) is 0 Å². The van der Waals surface area contributed by atoms with Gasteiger partial charge in [-0.05, 0) is 35.9 Å². The van der Waals surface area contributed by atoms with Gasteiger partial charge in [-0.2, -0.15) is 0 Å². The molecule has 0 saturated carbocycles. The highest BCUT2D eigenvalue weighted by Crippen LogP contribution is 2.27. The lowest BCUT2D eigenvalue weighted by atomic mass is 9.97. The van der Waals surface area contributed by atoms with E-state index in [1.54, 1.807) is 37.4 Å². The van der Waals surface area contributed by atoms with Crippen LogP contribution in [-0.4, -0.2) is 33.9 Å². The molecule has 0 radical (unpaired) electrons. The normalized spacial score (nSPS) is 11.4. The Hall–Kier alpha value is -3.35. The molecule has 2 N–H and O–H groups in total. The van der Waals surface area contributed by atoms with E-state index in [-0.39, 0.29) is 17.7 Å². The first-order valence-corrected chi connectivity index (χ1v) is 8.89. The van der Waals surface area contributed by atoms with Crippen molar-refractivity contribution >= 4 is 28.6 Å². The van der Waals surface area contributed by atoms with E-state index in [0.717, 1.165) is 5.56 Å². The third-order valence-electron chi connectivity index (χ3n) is 4.18. The first kappa shape index (κ1) is 19.4. The number of phenolic OH excluding ortho intramolecular Hbond substituents is 1. The van der Waals surface area contributed by atoms with Gasteiger partial charge in [0.25, 0.3) is 0 Å². The molecule has 2 aromatic carbocycles. The molecular weight excluding hydrogens is 358 g/mol. The van der Waals surface area contributed by atoms with Gasteiger partial charge in [0, 0.05) is 24.7 Å². The maximum absolute atomic E-state index is 12.3. The minimum atomic E-state index is -0.736. The lowest BCUT2D eigenvalue weighted by Gasteiger charge is -2.16. The van der Waals surface area contributed by atoms with Crippen molar-refractivity contribution in [1.82, 2.24) is 9.88 Å². The number of anilines is 1. The number of likely N-dealkylation sites (N-methyl/N-ethyl adjacent to an activating group) is 1. The number of nitrogens with one attached hydrogen (secondary N) is 1. The quantitative estimate of drug-likeness (QED) is 0.678. The summed E-state index contributed by atoms with van der Waals surface area (Å²) in [6.07, 6.45) is 0. The van der Waals surface area contributed by atoms with Gasteiger partial charge < -0.3 is 19.7 Å². The number of rotatable bonds is 3. The van der Waals surface area contributed by atoms with Crippen molar-refractivity contribution < 1.29 is 19.1 Å². The second-order valence-corrected chi connectivity index (χ2v) is 7.73. The lowest BCUT2D eigenvalue weighted by Crippen LogP contribution is -2.36. The van der Waals surface area contributed by atoms with E-state index in [2.05, 4.69) is 10.3 Å². The van der Waals surface area contributed by atoms with E-state index >= 15 is 0 Å². The Bertz CT molecular complexity index is 1020. The number of phenols is 1. The molecule has 0 fully saturated rings. The summed E-state index contributed by atoms with van der Waals surface area (Å²) in [7, 11) is 1.55. The van der Waals surface area contributed by atoms with Crippen molar-refractivity contribution in [3.05, 3.63) is 53.9 Å². The highest BCUT2D eigenvalue weighted by atomic mass is 16.3. The van der Waals surface area contributed by atoms with Crippen LogP contribution in [0.15, 0.2) is 46.9 Å². The molecule has 0 saturated heterocycles. The van der Waals surface area contributed by atoms with Gasteiger partial charge in [-0.3, -0.25) is 9.59 Å². The zero-order valence-electron chi connectivity index (χ0n) is 16.3. The molecule has 146 valence electrons. The number of fused-ring (bicyclic) bond motifs is 1. The standard InChI is InChI=1S/C21H23N3O4/c1-21(2,3)20-23-16-11-14(7-10-17(16)28-20)22-18(26)19(27)24(4)12-13-5-8-15(25)9-6-13/h5-11,25H,12H2,1-4H3,(H,22,26). The molecule has 0 spiro atoms. The molecule has 1 heterocycles. The van der Waals surface area contributed by atoms with Gasteiger partial charge in [0.15, 0.2) is 5.58 Å². The summed E-state index contributed by atoms with van der Waals surface area (Å²) in [4.78, 5) is 30.4. The lowest BCUT2D eigenvalue weighted by molar-refractivity contribution is -0.142. The highest BCUT2D eigenvalue weighted by molar-refractivity contribution is 6.39. The predicted molar refractivity (Wildman–Crippen MR) is 106 cm³/mol. The first-order valence-electron chi connectivity index (χ1n) is 8.89. The molecule has 0 unspecified atom stereocenters. The number of nitrogens with zero attached hydrogens (tertiary/aromatic N) is 2. The molecule has 0 aliphatic carbocycles. The fourth-order valence-corrected chi connectivity index (χ4v) is 2.63. The molecule has 0 bridgehead atoms. The van der Waals surface area contributed by atoms with Crippen molar-refractivity contribution in [3.8, 4) is 5.75 Å². The molecule has 0 aliphatic rings. The Kier molecular flexibility index (Phi) is 5.09. The molecule has 0 atom stereocenters. The third kappa shape index (κ3) is 4.31. The number of amides is 2. The molecule has 3 rings (SSSR count). The fraction of sp³-hybridized carbons (Fsp3) is 0.286. The molecule has 2 amide bonds. The number of hydrogen-bond donors (Lipinski definition) is 2. The van der Waals surface area contributed by atoms with Gasteiger partial charge in [-0.25, -0.2) is 4.98 Å². The summed E-state index contributed by atoms with van der Waals surface area (Å²) < 4.78 is 5.74. The average Bonchev–Trinajstić information content (AvgIpc) is 3.06. The summed E-state index contributed by atoms with van der Waals surface area (Å²) in [5, 5.41) is 11.9. The summed E-state index contributed by atoms with van der Waals surface area (Å²) >= 11 is 0. The number of carbonyl (C=O) groups is 2. The number of hydrogen-bond acceptors (Lipinski definition) is 5. The maximum atomic E-state index is 12.3. The summed E-state index contributed by atoms with van der Waals surface area (Å²) in [6.45, 7) is 6.26. The van der Waals surface area contributed by atoms with Gasteiger partial charge >= 0.3 is 11.8 Å². The van der Waals surface area contributed by atoms with Crippen LogP contribution in [-0.2, 0) is 21.5 Å². The van der Waals surface area contributed by atoms with Crippen LogP contribution in [0.25, 0.3) is 11.1 Å². The SMILES string of the molecule is CN(Cc1ccc(O)cc1)C(=O)C(=O)Nc1ccc2oc(C(C)(C)C)nc2c1. The van der Waals surface area contributed by atoms with E-state index in [0.29, 0.717) is 22.7 Å².